The SMILES string of the molecule is NS(=O)(=O)C(F)(F)F.O=S([O-])C(F)(F)F. The summed E-state index contributed by atoms with van der Waals surface area (Å²) in [5.74, 6) is 0. The van der Waals surface area contributed by atoms with E-state index in [-0.39, 0.29) is 0 Å². The highest BCUT2D eigenvalue weighted by molar-refractivity contribution is 7.90. The van der Waals surface area contributed by atoms with Crippen molar-refractivity contribution in [1.29, 1.82) is 0 Å². The topological polar surface area (TPSA) is 100 Å². The van der Waals surface area contributed by atoms with Gasteiger partial charge in [0, 0.05) is 0 Å². The highest BCUT2D eigenvalue weighted by Gasteiger charge is 2.42. The molecule has 2 N–H and O–H groups in total. The van der Waals surface area contributed by atoms with E-state index in [1.165, 1.54) is 0 Å². The molecule has 0 aromatic carbocycles. The van der Waals surface area contributed by atoms with Crippen LogP contribution in [0.1, 0.15) is 0 Å². The zero-order chi connectivity index (χ0) is 13.1. The molecule has 0 aliphatic rings. The van der Waals surface area contributed by atoms with Crippen molar-refractivity contribution in [3.63, 3.8) is 0 Å². The molecule has 0 aromatic rings. The maximum atomic E-state index is 10.8. The Balaban J connectivity index is 0. The van der Waals surface area contributed by atoms with Gasteiger partial charge in [-0.05, 0) is 0 Å². The van der Waals surface area contributed by atoms with Gasteiger partial charge in [-0.15, -0.1) is 0 Å². The molecule has 0 aliphatic carbocycles. The van der Waals surface area contributed by atoms with Gasteiger partial charge in [-0.1, -0.05) is 0 Å². The summed E-state index contributed by atoms with van der Waals surface area (Å²) in [7, 11) is -5.34. The van der Waals surface area contributed by atoms with E-state index in [2.05, 4.69) is 5.14 Å². The van der Waals surface area contributed by atoms with Crippen molar-refractivity contribution in [2.75, 3.05) is 0 Å². The van der Waals surface area contributed by atoms with Crippen molar-refractivity contribution in [2.45, 2.75) is 11.0 Å². The number of hydrogen-bond donors (Lipinski definition) is 1. The second-order valence-corrected chi connectivity index (χ2v) is 4.16. The van der Waals surface area contributed by atoms with E-state index in [0.717, 1.165) is 0 Å². The first-order valence-electron chi connectivity index (χ1n) is 2.44. The van der Waals surface area contributed by atoms with E-state index in [1.807, 2.05) is 0 Å². The van der Waals surface area contributed by atoms with Crippen LogP contribution in [0.15, 0.2) is 0 Å². The molecule has 0 saturated heterocycles. The van der Waals surface area contributed by atoms with Crippen LogP contribution in [0.5, 0.6) is 0 Å². The number of hydrogen-bond acceptors (Lipinski definition) is 4. The second kappa shape index (κ2) is 5.09. The Labute approximate surface area is 81.6 Å². The van der Waals surface area contributed by atoms with E-state index in [1.54, 1.807) is 0 Å². The average Bonchev–Trinajstić information content (AvgIpc) is 1.80. The molecule has 0 rings (SSSR count). The maximum absolute atomic E-state index is 10.8. The highest BCUT2D eigenvalue weighted by atomic mass is 32.2. The number of nitrogens with two attached hydrogens (primary N) is 1. The van der Waals surface area contributed by atoms with Gasteiger partial charge in [-0.2, -0.15) is 26.3 Å². The van der Waals surface area contributed by atoms with Crippen LogP contribution in [-0.4, -0.2) is 28.2 Å². The van der Waals surface area contributed by atoms with Gasteiger partial charge in [0.1, 0.15) is 0 Å². The van der Waals surface area contributed by atoms with Crippen LogP contribution >= 0.6 is 0 Å². The van der Waals surface area contributed by atoms with E-state index >= 15 is 0 Å². The smallest absolute Gasteiger partial charge is 0.511 e. The first-order valence-corrected chi connectivity index (χ1v) is 5.07. The van der Waals surface area contributed by atoms with Gasteiger partial charge in [-0.3, -0.25) is 4.21 Å². The minimum atomic E-state index is -5.34. The summed E-state index contributed by atoms with van der Waals surface area (Å²) in [4.78, 5) is 0. The Morgan fingerprint density at radius 1 is 1.07 bits per heavy atom. The first kappa shape index (κ1) is 17.0. The lowest BCUT2D eigenvalue weighted by Gasteiger charge is -2.06. The Kier molecular flexibility index (Phi) is 5.77. The number of sulfonamides is 1. The minimum Gasteiger partial charge on any atom is -0.766 e. The highest BCUT2D eigenvalue weighted by Crippen LogP contribution is 2.18. The standard InChI is InChI=1S/CH2F3NO2S.CHF3O2S/c2-1(3,4)8(5,6)7;2-1(3,4)7(5)6/h(H2,5,6,7);(H,5,6)/p-1. The molecule has 1 unspecified atom stereocenters. The van der Waals surface area contributed by atoms with Crippen molar-refractivity contribution in [2.24, 2.45) is 5.14 Å². The summed E-state index contributed by atoms with van der Waals surface area (Å²) in [6, 6.07) is 0. The van der Waals surface area contributed by atoms with Gasteiger partial charge in [0.2, 0.25) is 0 Å². The monoisotopic (exact) mass is 282 g/mol. The average molecular weight is 282 g/mol. The molecule has 0 aliphatic heterocycles. The van der Waals surface area contributed by atoms with Gasteiger partial charge in [0.15, 0.2) is 0 Å². The van der Waals surface area contributed by atoms with Gasteiger partial charge in [0.05, 0.1) is 11.1 Å². The molecule has 94 valence electrons. The molecule has 0 bridgehead atoms. The third-order valence-electron chi connectivity index (χ3n) is 0.512. The zero-order valence-electron chi connectivity index (χ0n) is 6.29. The predicted molar refractivity (Wildman–Crippen MR) is 34.1 cm³/mol. The quantitative estimate of drug-likeness (QED) is 0.506. The molecule has 0 saturated carbocycles. The van der Waals surface area contributed by atoms with E-state index in [0.29, 0.717) is 0 Å². The van der Waals surface area contributed by atoms with E-state index in [4.69, 9.17) is 8.76 Å². The molecule has 0 spiro atoms. The van der Waals surface area contributed by atoms with Crippen LogP contribution in [-0.2, 0) is 21.1 Å². The summed E-state index contributed by atoms with van der Waals surface area (Å²) < 4.78 is 101. The van der Waals surface area contributed by atoms with Gasteiger partial charge in [-0.25, -0.2) is 13.6 Å². The van der Waals surface area contributed by atoms with Crippen molar-refractivity contribution < 1.29 is 43.5 Å². The fourth-order valence-corrected chi connectivity index (χ4v) is 0. The Bertz CT molecular complexity index is 315. The van der Waals surface area contributed by atoms with Crippen molar-refractivity contribution >= 4 is 21.1 Å². The van der Waals surface area contributed by atoms with Crippen LogP contribution in [0.2, 0.25) is 0 Å². The van der Waals surface area contributed by atoms with Gasteiger partial charge >= 0.3 is 21.0 Å². The second-order valence-electron chi connectivity index (χ2n) is 1.67. The Morgan fingerprint density at radius 2 is 1.20 bits per heavy atom. The van der Waals surface area contributed by atoms with E-state index < -0.39 is 32.1 Å². The molecule has 0 heterocycles. The Morgan fingerprint density at radius 3 is 1.20 bits per heavy atom. The summed E-state index contributed by atoms with van der Waals surface area (Å²) in [6.07, 6.45) is 0. The molecule has 13 heteroatoms. The fourth-order valence-electron chi connectivity index (χ4n) is 0. The van der Waals surface area contributed by atoms with Crippen molar-refractivity contribution in [3.05, 3.63) is 0 Å². The predicted octanol–water partition coefficient (Wildman–Crippen LogP) is 0.180. The zero-order valence-corrected chi connectivity index (χ0v) is 7.93. The maximum Gasteiger partial charge on any atom is 0.511 e. The minimum absolute atomic E-state index is 3.66. The van der Waals surface area contributed by atoms with Crippen LogP contribution in [0.3, 0.4) is 0 Å². The molecule has 1 atom stereocenters. The molecular weight excluding hydrogens is 280 g/mol. The number of alkyl halides is 6. The lowest BCUT2D eigenvalue weighted by atomic mass is 11.6. The van der Waals surface area contributed by atoms with Crippen molar-refractivity contribution in [1.82, 2.24) is 0 Å². The molecule has 0 amide bonds. The fraction of sp³-hybridized carbons (Fsp3) is 1.00. The van der Waals surface area contributed by atoms with Crippen molar-refractivity contribution in [3.8, 4) is 0 Å². The molecule has 5 nitrogen and oxygen atoms in total. The summed E-state index contributed by atoms with van der Waals surface area (Å²) in [6.45, 7) is 0. The number of halogens is 6. The molecule has 0 fully saturated rings. The third-order valence-corrected chi connectivity index (χ3v) is 1.53. The lowest BCUT2D eigenvalue weighted by molar-refractivity contribution is -0.0454. The summed E-state index contributed by atoms with van der Waals surface area (Å²) in [5, 5.41) is 3.66. The third kappa shape index (κ3) is 8.59. The summed E-state index contributed by atoms with van der Waals surface area (Å²) in [5.41, 5.74) is -10.4. The number of rotatable bonds is 0. The molecular formula is C2H2F6NO4S2-. The molecule has 15 heavy (non-hydrogen) atoms. The number of primary sulfonamides is 1. The normalized spacial score (nSPS) is 15.2. The molecule has 0 radical (unpaired) electrons. The van der Waals surface area contributed by atoms with Crippen LogP contribution in [0.4, 0.5) is 26.3 Å². The lowest BCUT2D eigenvalue weighted by Crippen LogP contribution is -2.30. The van der Waals surface area contributed by atoms with E-state index in [9.17, 15) is 34.8 Å². The Hall–Kier alpha value is -0.400. The van der Waals surface area contributed by atoms with Gasteiger partial charge in [0.25, 0.3) is 0 Å². The van der Waals surface area contributed by atoms with Gasteiger partial charge < -0.3 is 4.55 Å². The van der Waals surface area contributed by atoms with Crippen LogP contribution < -0.4 is 5.14 Å². The summed E-state index contributed by atoms with van der Waals surface area (Å²) >= 11 is -3.93. The molecule has 0 aromatic heterocycles. The largest absolute Gasteiger partial charge is 0.766 e. The van der Waals surface area contributed by atoms with Crippen LogP contribution in [0.25, 0.3) is 0 Å². The van der Waals surface area contributed by atoms with Crippen LogP contribution in [0, 0.1) is 0 Å². The first-order chi connectivity index (χ1) is 6.19.